The van der Waals surface area contributed by atoms with Crippen LogP contribution in [-0.2, 0) is 4.79 Å². The number of halogens is 2. The Morgan fingerprint density at radius 1 is 1.21 bits per heavy atom. The van der Waals surface area contributed by atoms with Crippen molar-refractivity contribution in [2.45, 2.75) is 0 Å². The average Bonchev–Trinajstić information content (AvgIpc) is 2.98. The fourth-order valence-electron chi connectivity index (χ4n) is 2.40. The number of benzene rings is 2. The van der Waals surface area contributed by atoms with E-state index >= 15 is 0 Å². The second-order valence-corrected chi connectivity index (χ2v) is 7.85. The lowest BCUT2D eigenvalue weighted by Crippen LogP contribution is -2.10. The second-order valence-electron chi connectivity index (χ2n) is 5.53. The summed E-state index contributed by atoms with van der Waals surface area (Å²) in [6.45, 7) is 0.603. The molecule has 3 rings (SSSR count). The van der Waals surface area contributed by atoms with E-state index < -0.39 is 0 Å². The van der Waals surface area contributed by atoms with Crippen LogP contribution in [0.15, 0.2) is 50.8 Å². The molecule has 1 aliphatic rings. The first kappa shape index (κ1) is 20.6. The highest BCUT2D eigenvalue weighted by atomic mass is 79.9. The van der Waals surface area contributed by atoms with Gasteiger partial charge in [-0.3, -0.25) is 4.79 Å². The molecular formula is C19H16BrClN2O4S. The molecule has 6 nitrogen and oxygen atoms in total. The van der Waals surface area contributed by atoms with Crippen molar-refractivity contribution in [1.29, 1.82) is 0 Å². The molecule has 0 spiro atoms. The van der Waals surface area contributed by atoms with Crippen molar-refractivity contribution in [3.05, 3.63) is 56.4 Å². The summed E-state index contributed by atoms with van der Waals surface area (Å²) < 4.78 is 17.5. The molecule has 0 aromatic heterocycles. The summed E-state index contributed by atoms with van der Waals surface area (Å²) in [6.07, 6.45) is 1.70. The third-order valence-corrected chi connectivity index (χ3v) is 5.32. The zero-order valence-corrected chi connectivity index (χ0v) is 17.9. The molecule has 1 amide bonds. The predicted octanol–water partition coefficient (Wildman–Crippen LogP) is 4.50. The SMILES string of the molecule is COc1cc(/C=C2/SC(N)=NC2=O)cc(Br)c1OCCOc1ccccc1Cl. The first-order chi connectivity index (χ1) is 13.5. The molecular weight excluding hydrogens is 468 g/mol. The Morgan fingerprint density at radius 2 is 1.96 bits per heavy atom. The molecule has 0 saturated carbocycles. The first-order valence-corrected chi connectivity index (χ1v) is 10.1. The number of amidine groups is 1. The van der Waals surface area contributed by atoms with Crippen LogP contribution >= 0.6 is 39.3 Å². The number of carbonyl (C=O) groups is 1. The Balaban J connectivity index is 1.67. The lowest BCUT2D eigenvalue weighted by molar-refractivity contribution is -0.113. The number of amides is 1. The summed E-state index contributed by atoms with van der Waals surface area (Å²) in [5.41, 5.74) is 6.33. The van der Waals surface area contributed by atoms with Crippen LogP contribution in [0, 0.1) is 0 Å². The molecule has 28 heavy (non-hydrogen) atoms. The topological polar surface area (TPSA) is 83.1 Å². The number of aliphatic imine (C=N–C) groups is 1. The number of thioether (sulfide) groups is 1. The highest BCUT2D eigenvalue weighted by Gasteiger charge is 2.20. The Kier molecular flexibility index (Phi) is 6.88. The van der Waals surface area contributed by atoms with Crippen molar-refractivity contribution in [2.24, 2.45) is 10.7 Å². The van der Waals surface area contributed by atoms with Crippen LogP contribution in [-0.4, -0.2) is 31.4 Å². The lowest BCUT2D eigenvalue weighted by atomic mass is 10.2. The van der Waals surface area contributed by atoms with Gasteiger partial charge in [0.25, 0.3) is 5.91 Å². The molecule has 0 bridgehead atoms. The molecule has 2 aromatic rings. The number of nitrogens with zero attached hydrogens (tertiary/aromatic N) is 1. The van der Waals surface area contributed by atoms with Crippen LogP contribution in [0.4, 0.5) is 0 Å². The van der Waals surface area contributed by atoms with Gasteiger partial charge in [-0.1, -0.05) is 23.7 Å². The first-order valence-electron chi connectivity index (χ1n) is 8.13. The van der Waals surface area contributed by atoms with Gasteiger partial charge in [-0.25, -0.2) is 0 Å². The predicted molar refractivity (Wildman–Crippen MR) is 115 cm³/mol. The van der Waals surface area contributed by atoms with E-state index in [0.29, 0.717) is 44.9 Å². The average molecular weight is 484 g/mol. The lowest BCUT2D eigenvalue weighted by Gasteiger charge is -2.14. The smallest absolute Gasteiger partial charge is 0.286 e. The van der Waals surface area contributed by atoms with E-state index in [-0.39, 0.29) is 11.1 Å². The van der Waals surface area contributed by atoms with Crippen molar-refractivity contribution in [3.8, 4) is 17.2 Å². The number of ether oxygens (including phenoxy) is 3. The van der Waals surface area contributed by atoms with Gasteiger partial charge in [0.05, 0.1) is 21.5 Å². The van der Waals surface area contributed by atoms with Crippen molar-refractivity contribution < 1.29 is 19.0 Å². The molecule has 1 aliphatic heterocycles. The van der Waals surface area contributed by atoms with Crippen molar-refractivity contribution >= 4 is 56.4 Å². The fraction of sp³-hybridized carbons (Fsp3) is 0.158. The van der Waals surface area contributed by atoms with Crippen molar-refractivity contribution in [3.63, 3.8) is 0 Å². The van der Waals surface area contributed by atoms with Gasteiger partial charge in [0.2, 0.25) is 0 Å². The Morgan fingerprint density at radius 3 is 2.64 bits per heavy atom. The van der Waals surface area contributed by atoms with E-state index in [2.05, 4.69) is 20.9 Å². The number of carbonyl (C=O) groups excluding carboxylic acids is 1. The summed E-state index contributed by atoms with van der Waals surface area (Å²) >= 11 is 10.7. The molecule has 0 aliphatic carbocycles. The van der Waals surface area contributed by atoms with Gasteiger partial charge in [0, 0.05) is 0 Å². The molecule has 146 valence electrons. The molecule has 2 N–H and O–H groups in total. The second kappa shape index (κ2) is 9.36. The van der Waals surface area contributed by atoms with Crippen molar-refractivity contribution in [2.75, 3.05) is 20.3 Å². The minimum Gasteiger partial charge on any atom is -0.493 e. The third kappa shape index (κ3) is 5.01. The Bertz CT molecular complexity index is 965. The standard InChI is InChI=1S/C19H16BrClN2O4S/c1-25-15-9-11(10-16-18(24)23-19(22)28-16)8-12(20)17(15)27-7-6-26-14-5-3-2-4-13(14)21/h2-5,8-10H,6-7H2,1H3,(H2,22,23,24)/b16-10+. The maximum Gasteiger partial charge on any atom is 0.286 e. The normalized spacial score (nSPS) is 14.9. The van der Waals surface area contributed by atoms with Crippen LogP contribution in [0.3, 0.4) is 0 Å². The van der Waals surface area contributed by atoms with E-state index in [1.807, 2.05) is 18.2 Å². The van der Waals surface area contributed by atoms with Crippen LogP contribution in [0.5, 0.6) is 17.2 Å². The third-order valence-electron chi connectivity index (χ3n) is 3.61. The molecule has 1 heterocycles. The zero-order valence-electron chi connectivity index (χ0n) is 14.8. The Labute approximate surface area is 179 Å². The quantitative estimate of drug-likeness (QED) is 0.461. The van der Waals surface area contributed by atoms with E-state index in [0.717, 1.165) is 17.3 Å². The van der Waals surface area contributed by atoms with Gasteiger partial charge in [0.1, 0.15) is 19.0 Å². The van der Waals surface area contributed by atoms with Gasteiger partial charge >= 0.3 is 0 Å². The number of methoxy groups -OCH3 is 1. The highest BCUT2D eigenvalue weighted by Crippen LogP contribution is 2.38. The number of hydrogen-bond donors (Lipinski definition) is 1. The van der Waals surface area contributed by atoms with E-state index in [1.54, 1.807) is 31.4 Å². The number of hydrogen-bond acceptors (Lipinski definition) is 6. The summed E-state index contributed by atoms with van der Waals surface area (Å²) in [7, 11) is 1.54. The molecule has 0 atom stereocenters. The van der Waals surface area contributed by atoms with Gasteiger partial charge in [-0.15, -0.1) is 0 Å². The van der Waals surface area contributed by atoms with Crippen LogP contribution in [0.25, 0.3) is 6.08 Å². The van der Waals surface area contributed by atoms with E-state index in [4.69, 9.17) is 31.5 Å². The van der Waals surface area contributed by atoms with Gasteiger partial charge in [-0.05, 0) is 63.6 Å². The fourth-order valence-corrected chi connectivity index (χ4v) is 3.84. The zero-order chi connectivity index (χ0) is 20.1. The highest BCUT2D eigenvalue weighted by molar-refractivity contribution is 9.10. The van der Waals surface area contributed by atoms with Gasteiger partial charge < -0.3 is 19.9 Å². The minimum atomic E-state index is -0.352. The van der Waals surface area contributed by atoms with E-state index in [1.165, 1.54) is 0 Å². The monoisotopic (exact) mass is 482 g/mol. The molecule has 0 fully saturated rings. The number of nitrogens with two attached hydrogens (primary N) is 1. The van der Waals surface area contributed by atoms with E-state index in [9.17, 15) is 4.79 Å². The maximum absolute atomic E-state index is 11.8. The largest absolute Gasteiger partial charge is 0.493 e. The summed E-state index contributed by atoms with van der Waals surface area (Å²) in [5, 5.41) is 0.781. The van der Waals surface area contributed by atoms with Gasteiger partial charge in [-0.2, -0.15) is 4.99 Å². The number of rotatable bonds is 7. The van der Waals surface area contributed by atoms with Crippen molar-refractivity contribution in [1.82, 2.24) is 0 Å². The molecule has 0 unspecified atom stereocenters. The number of para-hydroxylation sites is 1. The van der Waals surface area contributed by atoms with Crippen LogP contribution in [0.2, 0.25) is 5.02 Å². The maximum atomic E-state index is 11.8. The summed E-state index contributed by atoms with van der Waals surface area (Å²) in [5.74, 6) is 1.30. The molecule has 0 radical (unpaired) electrons. The Hall–Kier alpha value is -2.16. The summed E-state index contributed by atoms with van der Waals surface area (Å²) in [6, 6.07) is 10.8. The van der Waals surface area contributed by atoms with Crippen LogP contribution in [0.1, 0.15) is 5.56 Å². The van der Waals surface area contributed by atoms with Crippen LogP contribution < -0.4 is 19.9 Å². The van der Waals surface area contributed by atoms with Gasteiger partial charge in [0.15, 0.2) is 16.7 Å². The minimum absolute atomic E-state index is 0.237. The molecule has 0 saturated heterocycles. The molecule has 9 heteroatoms. The molecule has 2 aromatic carbocycles. The summed E-state index contributed by atoms with van der Waals surface area (Å²) in [4.78, 5) is 15.9.